The molecule has 0 amide bonds. The van der Waals surface area contributed by atoms with Gasteiger partial charge < -0.3 is 15.8 Å². The minimum absolute atomic E-state index is 0.292. The van der Waals surface area contributed by atoms with Gasteiger partial charge in [-0.2, -0.15) is 0 Å². The zero-order valence-corrected chi connectivity index (χ0v) is 8.47. The van der Waals surface area contributed by atoms with E-state index in [-0.39, 0.29) is 0 Å². The van der Waals surface area contributed by atoms with Gasteiger partial charge in [-0.1, -0.05) is 13.3 Å². The fraction of sp³-hybridized carbons (Fsp3) is 1.00. The summed E-state index contributed by atoms with van der Waals surface area (Å²) in [6.07, 6.45) is 1.44. The van der Waals surface area contributed by atoms with Crippen molar-refractivity contribution >= 4 is 0 Å². The molecular weight excluding hydrogens is 152 g/mol. The second kappa shape index (κ2) is 7.53. The fourth-order valence-corrected chi connectivity index (χ4v) is 0.968. The van der Waals surface area contributed by atoms with Gasteiger partial charge in [0.2, 0.25) is 0 Å². The van der Waals surface area contributed by atoms with E-state index in [1.807, 2.05) is 0 Å². The quantitative estimate of drug-likeness (QED) is 0.594. The van der Waals surface area contributed by atoms with Gasteiger partial charge in [0.1, 0.15) is 0 Å². The smallest absolute Gasteiger partial charge is 0.0667 e. The number of ether oxygens (including phenoxy) is 1. The van der Waals surface area contributed by atoms with Crippen LogP contribution >= 0.6 is 0 Å². The van der Waals surface area contributed by atoms with Crippen LogP contribution < -0.4 is 11.1 Å². The minimum atomic E-state index is 0.292. The first-order chi connectivity index (χ1) is 5.74. The first-order valence-electron chi connectivity index (χ1n) is 4.68. The molecule has 0 heterocycles. The molecule has 3 heteroatoms. The van der Waals surface area contributed by atoms with E-state index in [1.165, 1.54) is 0 Å². The Morgan fingerprint density at radius 3 is 2.50 bits per heavy atom. The van der Waals surface area contributed by atoms with E-state index in [4.69, 9.17) is 10.5 Å². The molecule has 2 atom stereocenters. The van der Waals surface area contributed by atoms with Crippen LogP contribution in [-0.4, -0.2) is 32.8 Å². The Morgan fingerprint density at radius 1 is 1.42 bits per heavy atom. The van der Waals surface area contributed by atoms with Crippen molar-refractivity contribution in [3.8, 4) is 0 Å². The topological polar surface area (TPSA) is 47.3 Å². The molecule has 0 aromatic rings. The van der Waals surface area contributed by atoms with Gasteiger partial charge >= 0.3 is 0 Å². The molecule has 0 rings (SSSR count). The van der Waals surface area contributed by atoms with Crippen LogP contribution in [0, 0.1) is 5.92 Å². The molecular formula is C9H22N2O. The third-order valence-corrected chi connectivity index (χ3v) is 2.18. The van der Waals surface area contributed by atoms with Gasteiger partial charge in [-0.15, -0.1) is 0 Å². The Hall–Kier alpha value is -0.120. The molecule has 0 bridgehead atoms. The van der Waals surface area contributed by atoms with Crippen molar-refractivity contribution < 1.29 is 4.74 Å². The summed E-state index contributed by atoms with van der Waals surface area (Å²) < 4.78 is 5.11. The van der Waals surface area contributed by atoms with Crippen LogP contribution in [0.4, 0.5) is 0 Å². The molecule has 2 unspecified atom stereocenters. The lowest BCUT2D eigenvalue weighted by molar-refractivity contribution is 0.116. The standard InChI is InChI=1S/C9H22N2O/c1-4-9(5-10)7-11-6-8(2)12-3/h8-9,11H,4-7,10H2,1-3H3. The summed E-state index contributed by atoms with van der Waals surface area (Å²) in [5.41, 5.74) is 5.56. The third kappa shape index (κ3) is 5.52. The van der Waals surface area contributed by atoms with Crippen LogP contribution in [0.25, 0.3) is 0 Å². The molecule has 0 aromatic heterocycles. The fourth-order valence-electron chi connectivity index (χ4n) is 0.968. The highest BCUT2D eigenvalue weighted by Gasteiger charge is 2.03. The maximum Gasteiger partial charge on any atom is 0.0667 e. The molecule has 3 nitrogen and oxygen atoms in total. The lowest BCUT2D eigenvalue weighted by Crippen LogP contribution is -2.32. The van der Waals surface area contributed by atoms with E-state index in [0.717, 1.165) is 26.1 Å². The lowest BCUT2D eigenvalue weighted by atomic mass is 10.1. The second-order valence-corrected chi connectivity index (χ2v) is 3.21. The Balaban J connectivity index is 3.28. The molecule has 3 N–H and O–H groups in total. The number of rotatable bonds is 7. The molecule has 0 radical (unpaired) electrons. The number of methoxy groups -OCH3 is 1. The molecule has 0 saturated heterocycles. The molecule has 0 aliphatic carbocycles. The molecule has 74 valence electrons. The summed E-state index contributed by atoms with van der Waals surface area (Å²) in [6, 6.07) is 0. The number of hydrogen-bond acceptors (Lipinski definition) is 3. The summed E-state index contributed by atoms with van der Waals surface area (Å²) in [6.45, 7) is 6.90. The number of nitrogens with two attached hydrogens (primary N) is 1. The van der Waals surface area contributed by atoms with Gasteiger partial charge in [0.05, 0.1) is 6.10 Å². The maximum atomic E-state index is 5.56. The molecule has 0 aliphatic heterocycles. The summed E-state index contributed by atoms with van der Waals surface area (Å²) in [7, 11) is 1.73. The van der Waals surface area contributed by atoms with Crippen LogP contribution in [0.15, 0.2) is 0 Å². The predicted octanol–water partition coefficient (Wildman–Crippen LogP) is 0.596. The molecule has 0 aliphatic rings. The van der Waals surface area contributed by atoms with Crippen molar-refractivity contribution in [2.75, 3.05) is 26.7 Å². The van der Waals surface area contributed by atoms with Crippen molar-refractivity contribution in [2.45, 2.75) is 26.4 Å². The zero-order valence-electron chi connectivity index (χ0n) is 8.47. The summed E-state index contributed by atoms with van der Waals surface area (Å²) >= 11 is 0. The minimum Gasteiger partial charge on any atom is -0.380 e. The van der Waals surface area contributed by atoms with E-state index in [9.17, 15) is 0 Å². The monoisotopic (exact) mass is 174 g/mol. The lowest BCUT2D eigenvalue weighted by Gasteiger charge is -2.15. The molecule has 12 heavy (non-hydrogen) atoms. The number of hydrogen-bond donors (Lipinski definition) is 2. The van der Waals surface area contributed by atoms with Crippen molar-refractivity contribution in [1.82, 2.24) is 5.32 Å². The maximum absolute atomic E-state index is 5.56. The summed E-state index contributed by atoms with van der Waals surface area (Å²) in [5.74, 6) is 0.606. The Morgan fingerprint density at radius 2 is 2.08 bits per heavy atom. The first kappa shape index (κ1) is 11.9. The van der Waals surface area contributed by atoms with Crippen molar-refractivity contribution in [3.05, 3.63) is 0 Å². The van der Waals surface area contributed by atoms with Crippen LogP contribution in [-0.2, 0) is 4.74 Å². The normalized spacial score (nSPS) is 16.0. The van der Waals surface area contributed by atoms with Crippen LogP contribution in [0.2, 0.25) is 0 Å². The van der Waals surface area contributed by atoms with Gasteiger partial charge in [0.25, 0.3) is 0 Å². The summed E-state index contributed by atoms with van der Waals surface area (Å²) in [4.78, 5) is 0. The van der Waals surface area contributed by atoms with E-state index in [1.54, 1.807) is 7.11 Å². The highest BCUT2D eigenvalue weighted by Crippen LogP contribution is 1.97. The van der Waals surface area contributed by atoms with Crippen molar-refractivity contribution in [3.63, 3.8) is 0 Å². The van der Waals surface area contributed by atoms with Crippen LogP contribution in [0.5, 0.6) is 0 Å². The molecule has 0 aromatic carbocycles. The van der Waals surface area contributed by atoms with Crippen molar-refractivity contribution in [2.24, 2.45) is 11.7 Å². The van der Waals surface area contributed by atoms with Gasteiger partial charge in [-0.3, -0.25) is 0 Å². The number of nitrogens with one attached hydrogen (secondary N) is 1. The Kier molecular flexibility index (Phi) is 7.45. The molecule has 0 saturated carbocycles. The average molecular weight is 174 g/mol. The highest BCUT2D eigenvalue weighted by atomic mass is 16.5. The Bertz CT molecular complexity index is 94.5. The molecule has 0 fully saturated rings. The third-order valence-electron chi connectivity index (χ3n) is 2.18. The highest BCUT2D eigenvalue weighted by molar-refractivity contribution is 4.62. The van der Waals surface area contributed by atoms with Gasteiger partial charge in [-0.05, 0) is 25.9 Å². The van der Waals surface area contributed by atoms with E-state index in [0.29, 0.717) is 12.0 Å². The predicted molar refractivity (Wildman–Crippen MR) is 52.2 cm³/mol. The van der Waals surface area contributed by atoms with Crippen LogP contribution in [0.1, 0.15) is 20.3 Å². The van der Waals surface area contributed by atoms with Gasteiger partial charge in [0.15, 0.2) is 0 Å². The average Bonchev–Trinajstić information content (AvgIpc) is 2.12. The van der Waals surface area contributed by atoms with E-state index in [2.05, 4.69) is 19.2 Å². The van der Waals surface area contributed by atoms with Crippen LogP contribution in [0.3, 0.4) is 0 Å². The van der Waals surface area contributed by atoms with E-state index >= 15 is 0 Å². The van der Waals surface area contributed by atoms with Crippen molar-refractivity contribution in [1.29, 1.82) is 0 Å². The zero-order chi connectivity index (χ0) is 9.40. The Labute approximate surface area is 75.7 Å². The van der Waals surface area contributed by atoms with Gasteiger partial charge in [-0.25, -0.2) is 0 Å². The SMILES string of the molecule is CCC(CN)CNCC(C)OC. The second-order valence-electron chi connectivity index (χ2n) is 3.21. The first-order valence-corrected chi connectivity index (χ1v) is 4.68. The summed E-state index contributed by atoms with van der Waals surface area (Å²) in [5, 5.41) is 3.33. The van der Waals surface area contributed by atoms with Gasteiger partial charge in [0, 0.05) is 13.7 Å². The van der Waals surface area contributed by atoms with E-state index < -0.39 is 0 Å². The largest absolute Gasteiger partial charge is 0.380 e. The molecule has 0 spiro atoms.